The molecule has 0 unspecified atom stereocenters. The average molecular weight is 492 g/mol. The zero-order valence-corrected chi connectivity index (χ0v) is 15.1. The number of hydrogen-bond donors (Lipinski definition) is 1. The molecule has 0 aliphatic carbocycles. The third-order valence-electron chi connectivity index (χ3n) is 2.52. The van der Waals surface area contributed by atoms with Gasteiger partial charge in [0.2, 0.25) is 0 Å². The Morgan fingerprint density at radius 2 is 1.94 bits per heavy atom. The van der Waals surface area contributed by atoms with E-state index in [9.17, 15) is 4.79 Å². The van der Waals surface area contributed by atoms with Crippen molar-refractivity contribution in [1.82, 2.24) is 5.32 Å². The van der Waals surface area contributed by atoms with Crippen LogP contribution in [0.5, 0.6) is 0 Å². The summed E-state index contributed by atoms with van der Waals surface area (Å²) in [6.07, 6.45) is 4.73. The lowest BCUT2D eigenvalue weighted by molar-refractivity contribution is 0.0952. The quantitative estimate of drug-likeness (QED) is 0.335. The first-order valence-electron chi connectivity index (χ1n) is 5.94. The summed E-state index contributed by atoms with van der Waals surface area (Å²) in [6.45, 7) is 0.739. The summed E-state index contributed by atoms with van der Waals surface area (Å²) in [6, 6.07) is 5.37. The molecule has 0 saturated heterocycles. The van der Waals surface area contributed by atoms with Gasteiger partial charge in [0.1, 0.15) is 0 Å². The Morgan fingerprint density at radius 1 is 1.22 bits per heavy atom. The van der Waals surface area contributed by atoms with Gasteiger partial charge in [-0.3, -0.25) is 4.79 Å². The van der Waals surface area contributed by atoms with Crippen LogP contribution in [0.4, 0.5) is 0 Å². The van der Waals surface area contributed by atoms with Crippen LogP contribution in [0.15, 0.2) is 18.2 Å². The van der Waals surface area contributed by atoms with Gasteiger partial charge >= 0.3 is 0 Å². The fourth-order valence-electron chi connectivity index (χ4n) is 1.54. The Kier molecular flexibility index (Phi) is 8.58. The molecule has 1 aromatic rings. The predicted octanol–water partition coefficient (Wildman–Crippen LogP) is 4.67. The zero-order chi connectivity index (χ0) is 13.4. The molecule has 0 radical (unpaired) electrons. The van der Waals surface area contributed by atoms with Crippen molar-refractivity contribution in [3.05, 3.63) is 32.4 Å². The molecule has 0 atom stereocenters. The van der Waals surface area contributed by atoms with Crippen molar-refractivity contribution >= 4 is 62.7 Å². The number of nitrogens with one attached hydrogen (secondary N) is 1. The molecule has 0 aromatic heterocycles. The molecule has 0 bridgehead atoms. The minimum atomic E-state index is -0.0317. The highest BCUT2D eigenvalue weighted by molar-refractivity contribution is 14.1. The number of carbonyl (C=O) groups excluding carboxylic acids is 1. The van der Waals surface area contributed by atoms with Crippen LogP contribution >= 0.6 is 56.8 Å². The first kappa shape index (κ1) is 16.5. The summed E-state index contributed by atoms with van der Waals surface area (Å²) in [5.41, 5.74) is 0.662. The molecule has 0 saturated carbocycles. The van der Waals surface area contributed by atoms with Gasteiger partial charge in [-0.15, -0.1) is 0 Å². The fourth-order valence-corrected chi connectivity index (χ4v) is 2.83. The second-order valence-corrected chi connectivity index (χ2v) is 6.66. The van der Waals surface area contributed by atoms with Crippen molar-refractivity contribution in [3.8, 4) is 0 Å². The minimum Gasteiger partial charge on any atom is -0.352 e. The normalized spacial score (nSPS) is 10.4. The smallest absolute Gasteiger partial charge is 0.252 e. The monoisotopic (exact) mass is 491 g/mol. The van der Waals surface area contributed by atoms with Gasteiger partial charge in [-0.1, -0.05) is 47.0 Å². The number of hydrogen-bond acceptors (Lipinski definition) is 1. The van der Waals surface area contributed by atoms with Crippen LogP contribution in [0.2, 0.25) is 5.02 Å². The fraction of sp³-hybridized carbons (Fsp3) is 0.462. The van der Waals surface area contributed by atoms with Crippen molar-refractivity contribution in [2.24, 2.45) is 0 Å². The van der Waals surface area contributed by atoms with Crippen molar-refractivity contribution in [1.29, 1.82) is 0 Å². The standard InChI is InChI=1S/C13H16ClI2NO/c14-10-5-6-12(16)11(9-10)13(18)17-8-4-2-1-3-7-15/h5-6,9H,1-4,7-8H2,(H,17,18). The van der Waals surface area contributed by atoms with E-state index in [1.54, 1.807) is 12.1 Å². The average Bonchev–Trinajstić information content (AvgIpc) is 2.36. The van der Waals surface area contributed by atoms with Crippen LogP contribution in [-0.4, -0.2) is 16.9 Å². The van der Waals surface area contributed by atoms with E-state index in [1.165, 1.54) is 23.7 Å². The Balaban J connectivity index is 2.34. The second kappa shape index (κ2) is 9.36. The summed E-state index contributed by atoms with van der Waals surface area (Å²) in [5.74, 6) is -0.0317. The molecule has 0 spiro atoms. The van der Waals surface area contributed by atoms with Gasteiger partial charge < -0.3 is 5.32 Å². The van der Waals surface area contributed by atoms with Crippen LogP contribution in [0.1, 0.15) is 36.0 Å². The van der Waals surface area contributed by atoms with Crippen molar-refractivity contribution < 1.29 is 4.79 Å². The van der Waals surface area contributed by atoms with Crippen LogP contribution in [0.3, 0.4) is 0 Å². The Labute approximate surface area is 141 Å². The lowest BCUT2D eigenvalue weighted by atomic mass is 10.2. The molecule has 1 N–H and O–H groups in total. The third kappa shape index (κ3) is 6.06. The maximum atomic E-state index is 11.9. The number of alkyl halides is 1. The van der Waals surface area contributed by atoms with E-state index in [2.05, 4.69) is 50.5 Å². The SMILES string of the molecule is O=C(NCCCCCCI)c1cc(Cl)ccc1I. The molecule has 18 heavy (non-hydrogen) atoms. The van der Waals surface area contributed by atoms with Gasteiger partial charge in [-0.05, 0) is 58.1 Å². The topological polar surface area (TPSA) is 29.1 Å². The highest BCUT2D eigenvalue weighted by Gasteiger charge is 2.09. The van der Waals surface area contributed by atoms with Crippen LogP contribution < -0.4 is 5.32 Å². The van der Waals surface area contributed by atoms with Gasteiger partial charge in [-0.25, -0.2) is 0 Å². The second-order valence-electron chi connectivity index (χ2n) is 3.98. The molecule has 1 rings (SSSR count). The Hall–Kier alpha value is 0.440. The van der Waals surface area contributed by atoms with E-state index in [0.717, 1.165) is 16.5 Å². The maximum absolute atomic E-state index is 11.9. The van der Waals surface area contributed by atoms with Gasteiger partial charge in [0, 0.05) is 15.1 Å². The molecule has 5 heteroatoms. The van der Waals surface area contributed by atoms with Gasteiger partial charge in [0.25, 0.3) is 5.91 Å². The minimum absolute atomic E-state index is 0.0317. The van der Waals surface area contributed by atoms with Gasteiger partial charge in [0.15, 0.2) is 0 Å². The number of halogens is 3. The summed E-state index contributed by atoms with van der Waals surface area (Å²) >= 11 is 10.4. The number of amides is 1. The van der Waals surface area contributed by atoms with E-state index in [0.29, 0.717) is 10.6 Å². The number of rotatable bonds is 7. The van der Waals surface area contributed by atoms with Crippen LogP contribution in [0, 0.1) is 3.57 Å². The Morgan fingerprint density at radius 3 is 2.67 bits per heavy atom. The first-order chi connectivity index (χ1) is 8.65. The van der Waals surface area contributed by atoms with Gasteiger partial charge in [-0.2, -0.15) is 0 Å². The molecule has 1 amide bonds. The summed E-state index contributed by atoms with van der Waals surface area (Å²) in [5, 5.41) is 3.54. The van der Waals surface area contributed by atoms with Crippen LogP contribution in [0.25, 0.3) is 0 Å². The predicted molar refractivity (Wildman–Crippen MR) is 93.9 cm³/mol. The summed E-state index contributed by atoms with van der Waals surface area (Å²) < 4.78 is 2.14. The summed E-state index contributed by atoms with van der Waals surface area (Å²) in [7, 11) is 0. The Bertz CT molecular complexity index is 399. The van der Waals surface area contributed by atoms with E-state index < -0.39 is 0 Å². The maximum Gasteiger partial charge on any atom is 0.252 e. The molecular formula is C13H16ClI2NO. The molecule has 2 nitrogen and oxygen atoms in total. The van der Waals surface area contributed by atoms with E-state index >= 15 is 0 Å². The number of carbonyl (C=O) groups is 1. The van der Waals surface area contributed by atoms with Crippen molar-refractivity contribution in [3.63, 3.8) is 0 Å². The zero-order valence-electron chi connectivity index (χ0n) is 10.0. The molecule has 0 aliphatic heterocycles. The number of unbranched alkanes of at least 4 members (excludes halogenated alkanes) is 3. The molecule has 1 aromatic carbocycles. The first-order valence-corrected chi connectivity index (χ1v) is 8.92. The van der Waals surface area contributed by atoms with E-state index in [4.69, 9.17) is 11.6 Å². The molecule has 0 fully saturated rings. The van der Waals surface area contributed by atoms with Crippen molar-refractivity contribution in [2.75, 3.05) is 11.0 Å². The summed E-state index contributed by atoms with van der Waals surface area (Å²) in [4.78, 5) is 11.9. The highest BCUT2D eigenvalue weighted by Crippen LogP contribution is 2.17. The van der Waals surface area contributed by atoms with Gasteiger partial charge in [0.05, 0.1) is 5.56 Å². The van der Waals surface area contributed by atoms with E-state index in [1.807, 2.05) is 6.07 Å². The van der Waals surface area contributed by atoms with Crippen molar-refractivity contribution in [2.45, 2.75) is 25.7 Å². The lowest BCUT2D eigenvalue weighted by Crippen LogP contribution is -2.25. The third-order valence-corrected chi connectivity index (χ3v) is 4.46. The molecular weight excluding hydrogens is 475 g/mol. The molecule has 0 aliphatic rings. The van der Waals surface area contributed by atoms with E-state index in [-0.39, 0.29) is 5.91 Å². The number of benzene rings is 1. The molecule has 100 valence electrons. The highest BCUT2D eigenvalue weighted by atomic mass is 127. The van der Waals surface area contributed by atoms with Crippen LogP contribution in [-0.2, 0) is 0 Å². The lowest BCUT2D eigenvalue weighted by Gasteiger charge is -2.07. The molecule has 0 heterocycles. The largest absolute Gasteiger partial charge is 0.352 e.